The molecule has 0 aliphatic rings. The van der Waals surface area contributed by atoms with Crippen molar-refractivity contribution in [2.45, 2.75) is 33.4 Å². The van der Waals surface area contributed by atoms with Gasteiger partial charge in [-0.2, -0.15) is 10.2 Å². The van der Waals surface area contributed by atoms with E-state index in [1.807, 2.05) is 0 Å². The molecule has 1 N–H and O–H groups in total. The molecule has 0 radical (unpaired) electrons. The lowest BCUT2D eigenvalue weighted by atomic mass is 10.2. The van der Waals surface area contributed by atoms with Crippen molar-refractivity contribution in [2.24, 2.45) is 0 Å². The Morgan fingerprint density at radius 1 is 1.38 bits per heavy atom. The number of hydrogen-bond acceptors (Lipinski definition) is 5. The lowest BCUT2D eigenvalue weighted by Gasteiger charge is -2.13. The number of amides is 1. The molecule has 1 amide bonds. The van der Waals surface area contributed by atoms with Gasteiger partial charge in [0.25, 0.3) is 0 Å². The SMILES string of the molecule is Cc1nn(C(C)C(=O)Nc2nn(Cc3cccc(F)c3)cc2Cl)c(C)c1[N+](=O)[O-]. The zero-order chi connectivity index (χ0) is 21.3. The fourth-order valence-electron chi connectivity index (χ4n) is 3.01. The molecule has 11 heteroatoms. The highest BCUT2D eigenvalue weighted by Crippen LogP contribution is 2.26. The van der Waals surface area contributed by atoms with Crippen LogP contribution in [-0.2, 0) is 11.3 Å². The predicted molar refractivity (Wildman–Crippen MR) is 104 cm³/mol. The highest BCUT2D eigenvalue weighted by Gasteiger charge is 2.27. The minimum absolute atomic E-state index is 0.123. The third kappa shape index (κ3) is 4.27. The molecule has 0 bridgehead atoms. The molecule has 2 aromatic heterocycles. The van der Waals surface area contributed by atoms with Gasteiger partial charge >= 0.3 is 5.69 Å². The van der Waals surface area contributed by atoms with Crippen LogP contribution in [0, 0.1) is 29.8 Å². The third-order valence-electron chi connectivity index (χ3n) is 4.41. The largest absolute Gasteiger partial charge is 0.312 e. The van der Waals surface area contributed by atoms with Crippen LogP contribution in [0.1, 0.15) is 29.9 Å². The molecule has 1 atom stereocenters. The van der Waals surface area contributed by atoms with E-state index in [-0.39, 0.29) is 40.3 Å². The maximum atomic E-state index is 13.3. The van der Waals surface area contributed by atoms with Crippen molar-refractivity contribution in [1.82, 2.24) is 19.6 Å². The Morgan fingerprint density at radius 2 is 2.10 bits per heavy atom. The number of nitrogens with one attached hydrogen (secondary N) is 1. The number of aryl methyl sites for hydroxylation is 1. The van der Waals surface area contributed by atoms with Crippen LogP contribution in [-0.4, -0.2) is 30.4 Å². The Morgan fingerprint density at radius 3 is 2.72 bits per heavy atom. The van der Waals surface area contributed by atoms with E-state index >= 15 is 0 Å². The summed E-state index contributed by atoms with van der Waals surface area (Å²) in [5.74, 6) is -0.707. The molecule has 0 saturated heterocycles. The summed E-state index contributed by atoms with van der Waals surface area (Å²) >= 11 is 6.16. The standard InChI is InChI=1S/C18H18ClFN6O3/c1-10-16(26(28)29)11(2)25(22-10)12(3)18(27)21-17-15(19)9-24(23-17)8-13-5-4-6-14(20)7-13/h4-7,9,12H,8H2,1-3H3,(H,21,23,27). The van der Waals surface area contributed by atoms with Crippen LogP contribution < -0.4 is 5.32 Å². The molecule has 152 valence electrons. The Kier molecular flexibility index (Phi) is 5.64. The summed E-state index contributed by atoms with van der Waals surface area (Å²) in [5.41, 5.74) is 1.06. The topological polar surface area (TPSA) is 108 Å². The van der Waals surface area contributed by atoms with Crippen LogP contribution in [0.15, 0.2) is 30.5 Å². The summed E-state index contributed by atoms with van der Waals surface area (Å²) < 4.78 is 16.1. The van der Waals surface area contributed by atoms with Gasteiger partial charge in [-0.05, 0) is 38.5 Å². The minimum Gasteiger partial charge on any atom is -0.306 e. The molecule has 9 nitrogen and oxygen atoms in total. The first-order valence-corrected chi connectivity index (χ1v) is 9.03. The van der Waals surface area contributed by atoms with Crippen molar-refractivity contribution in [1.29, 1.82) is 0 Å². The Labute approximate surface area is 170 Å². The van der Waals surface area contributed by atoms with Gasteiger partial charge < -0.3 is 5.32 Å². The number of carbonyl (C=O) groups excluding carboxylic acids is 1. The van der Waals surface area contributed by atoms with E-state index in [9.17, 15) is 19.3 Å². The summed E-state index contributed by atoms with van der Waals surface area (Å²) in [6.45, 7) is 4.88. The number of halogens is 2. The summed E-state index contributed by atoms with van der Waals surface area (Å²) in [4.78, 5) is 23.3. The Balaban J connectivity index is 1.76. The zero-order valence-electron chi connectivity index (χ0n) is 15.9. The second-order valence-electron chi connectivity index (χ2n) is 6.54. The van der Waals surface area contributed by atoms with Gasteiger partial charge in [0, 0.05) is 6.20 Å². The van der Waals surface area contributed by atoms with Crippen molar-refractivity contribution in [3.8, 4) is 0 Å². The molecule has 0 aliphatic carbocycles. The quantitative estimate of drug-likeness (QED) is 0.483. The van der Waals surface area contributed by atoms with Crippen molar-refractivity contribution in [2.75, 3.05) is 5.32 Å². The van der Waals surface area contributed by atoms with Gasteiger partial charge in [0.2, 0.25) is 5.91 Å². The van der Waals surface area contributed by atoms with Crippen molar-refractivity contribution in [3.63, 3.8) is 0 Å². The third-order valence-corrected chi connectivity index (χ3v) is 4.68. The van der Waals surface area contributed by atoms with Crippen LogP contribution in [0.5, 0.6) is 0 Å². The lowest BCUT2D eigenvalue weighted by Crippen LogP contribution is -2.25. The van der Waals surface area contributed by atoms with Crippen molar-refractivity contribution < 1.29 is 14.1 Å². The van der Waals surface area contributed by atoms with Crippen LogP contribution in [0.25, 0.3) is 0 Å². The van der Waals surface area contributed by atoms with Gasteiger partial charge in [0.05, 0.1) is 11.5 Å². The van der Waals surface area contributed by atoms with Gasteiger partial charge in [-0.1, -0.05) is 23.7 Å². The fraction of sp³-hybridized carbons (Fsp3) is 0.278. The first kappa shape index (κ1) is 20.5. The normalized spacial score (nSPS) is 12.0. The van der Waals surface area contributed by atoms with Gasteiger partial charge in [0.15, 0.2) is 5.82 Å². The first-order valence-electron chi connectivity index (χ1n) is 8.65. The van der Waals surface area contributed by atoms with Crippen LogP contribution in [0.4, 0.5) is 15.9 Å². The van der Waals surface area contributed by atoms with E-state index in [0.717, 1.165) is 0 Å². The summed E-state index contributed by atoms with van der Waals surface area (Å²) in [7, 11) is 0. The van der Waals surface area contributed by atoms with E-state index in [0.29, 0.717) is 5.56 Å². The zero-order valence-corrected chi connectivity index (χ0v) is 16.6. The molecule has 0 aliphatic heterocycles. The van der Waals surface area contributed by atoms with E-state index in [4.69, 9.17) is 11.6 Å². The van der Waals surface area contributed by atoms with E-state index in [1.54, 1.807) is 19.1 Å². The first-order chi connectivity index (χ1) is 13.7. The molecule has 3 rings (SSSR count). The highest BCUT2D eigenvalue weighted by molar-refractivity contribution is 6.33. The molecule has 1 aromatic carbocycles. The van der Waals surface area contributed by atoms with E-state index < -0.39 is 16.9 Å². The predicted octanol–water partition coefficient (Wildman–Crippen LogP) is 3.65. The number of aromatic nitrogens is 4. The summed E-state index contributed by atoms with van der Waals surface area (Å²) in [5, 5.41) is 22.3. The smallest absolute Gasteiger partial charge is 0.306 e. The second-order valence-corrected chi connectivity index (χ2v) is 6.95. The Hall–Kier alpha value is -3.27. The summed E-state index contributed by atoms with van der Waals surface area (Å²) in [6.07, 6.45) is 1.51. The van der Waals surface area contributed by atoms with Gasteiger partial charge in [0.1, 0.15) is 28.3 Å². The minimum atomic E-state index is -0.827. The number of hydrogen-bond donors (Lipinski definition) is 1. The molecule has 0 fully saturated rings. The number of carbonyl (C=O) groups is 1. The molecular weight excluding hydrogens is 403 g/mol. The molecule has 0 spiro atoms. The van der Waals surface area contributed by atoms with E-state index in [1.165, 1.54) is 41.5 Å². The van der Waals surface area contributed by atoms with Crippen LogP contribution in [0.2, 0.25) is 5.02 Å². The maximum Gasteiger partial charge on any atom is 0.312 e. The number of benzene rings is 1. The maximum absolute atomic E-state index is 13.3. The van der Waals surface area contributed by atoms with Crippen LogP contribution in [0.3, 0.4) is 0 Å². The lowest BCUT2D eigenvalue weighted by molar-refractivity contribution is -0.386. The van der Waals surface area contributed by atoms with Gasteiger partial charge in [-0.3, -0.25) is 24.3 Å². The summed E-state index contributed by atoms with van der Waals surface area (Å²) in [6, 6.07) is 5.23. The van der Waals surface area contributed by atoms with Gasteiger partial charge in [-0.25, -0.2) is 4.39 Å². The molecule has 2 heterocycles. The highest BCUT2D eigenvalue weighted by atomic mass is 35.5. The molecule has 0 saturated carbocycles. The van der Waals surface area contributed by atoms with Crippen LogP contribution >= 0.6 is 11.6 Å². The van der Waals surface area contributed by atoms with E-state index in [2.05, 4.69) is 15.5 Å². The molecule has 29 heavy (non-hydrogen) atoms. The van der Waals surface area contributed by atoms with Crippen molar-refractivity contribution >= 4 is 29.0 Å². The van der Waals surface area contributed by atoms with Gasteiger partial charge in [-0.15, -0.1) is 0 Å². The molecular formula is C18H18ClFN6O3. The number of anilines is 1. The monoisotopic (exact) mass is 420 g/mol. The van der Waals surface area contributed by atoms with Crippen molar-refractivity contribution in [3.05, 3.63) is 68.4 Å². The molecule has 3 aromatic rings. The second kappa shape index (κ2) is 8.00. The number of nitrogens with zero attached hydrogens (tertiary/aromatic N) is 5. The average Bonchev–Trinajstić information content (AvgIpc) is 3.12. The average molecular weight is 421 g/mol. The molecule has 1 unspecified atom stereocenters. The Bertz CT molecular complexity index is 1090. The number of rotatable bonds is 6. The fourth-order valence-corrected chi connectivity index (χ4v) is 3.21. The number of nitro groups is 1.